The average molecular weight is 289 g/mol. The van der Waals surface area contributed by atoms with E-state index >= 15 is 0 Å². The third-order valence-electron chi connectivity index (χ3n) is 3.34. The van der Waals surface area contributed by atoms with Crippen LogP contribution < -0.4 is 0 Å². The van der Waals surface area contributed by atoms with Crippen LogP contribution in [0.2, 0.25) is 0 Å². The van der Waals surface area contributed by atoms with Gasteiger partial charge in [-0.3, -0.25) is 4.90 Å². The molecule has 0 bridgehead atoms. The van der Waals surface area contributed by atoms with Crippen molar-refractivity contribution in [3.63, 3.8) is 0 Å². The number of aliphatic hydroxyl groups is 1. The molecule has 0 aliphatic carbocycles. The second-order valence-electron chi connectivity index (χ2n) is 5.00. The van der Waals surface area contributed by atoms with Gasteiger partial charge in [0.15, 0.2) is 6.10 Å². The van der Waals surface area contributed by atoms with E-state index in [4.69, 9.17) is 9.84 Å². The van der Waals surface area contributed by atoms with Crippen molar-refractivity contribution in [2.24, 2.45) is 0 Å². The van der Waals surface area contributed by atoms with E-state index in [1.54, 1.807) is 4.90 Å². The third kappa shape index (κ3) is 4.47. The predicted octanol–water partition coefficient (Wildman–Crippen LogP) is 1.85. The summed E-state index contributed by atoms with van der Waals surface area (Å²) < 4.78 is 42.6. The number of β-amino-alcohol motifs (C(OH)–C–C–N with tert-alkyl or cyclic N) is 1. The number of morpholine rings is 1. The van der Waals surface area contributed by atoms with E-state index < -0.39 is 18.8 Å². The molecular formula is C14H18F3NO2. The van der Waals surface area contributed by atoms with Gasteiger partial charge in [0.05, 0.1) is 12.7 Å². The first-order valence-corrected chi connectivity index (χ1v) is 6.58. The van der Waals surface area contributed by atoms with Gasteiger partial charge in [-0.15, -0.1) is 0 Å². The molecule has 20 heavy (non-hydrogen) atoms. The first-order valence-electron chi connectivity index (χ1n) is 6.58. The first kappa shape index (κ1) is 15.3. The Labute approximate surface area is 116 Å². The maximum atomic E-state index is 12.3. The van der Waals surface area contributed by atoms with Gasteiger partial charge in [0.2, 0.25) is 0 Å². The van der Waals surface area contributed by atoms with Gasteiger partial charge in [0, 0.05) is 19.6 Å². The fraction of sp³-hybridized carbons (Fsp3) is 0.571. The molecule has 1 fully saturated rings. The normalized spacial score (nSPS) is 22.7. The van der Waals surface area contributed by atoms with Crippen molar-refractivity contribution < 1.29 is 23.0 Å². The minimum Gasteiger partial charge on any atom is -0.382 e. The second-order valence-corrected chi connectivity index (χ2v) is 5.00. The van der Waals surface area contributed by atoms with Gasteiger partial charge < -0.3 is 9.84 Å². The molecule has 2 atom stereocenters. The van der Waals surface area contributed by atoms with Crippen LogP contribution in [-0.4, -0.2) is 54.6 Å². The Morgan fingerprint density at radius 2 is 2.00 bits per heavy atom. The molecule has 3 nitrogen and oxygen atoms in total. The minimum absolute atomic E-state index is 0.133. The molecule has 1 aromatic rings. The highest BCUT2D eigenvalue weighted by molar-refractivity contribution is 5.15. The Balaban J connectivity index is 1.86. The number of hydrogen-bond donors (Lipinski definition) is 1. The van der Waals surface area contributed by atoms with E-state index in [0.29, 0.717) is 26.1 Å². The third-order valence-corrected chi connectivity index (χ3v) is 3.34. The van der Waals surface area contributed by atoms with Crippen molar-refractivity contribution in [3.8, 4) is 0 Å². The Bertz CT molecular complexity index is 411. The highest BCUT2D eigenvalue weighted by atomic mass is 19.4. The van der Waals surface area contributed by atoms with E-state index in [9.17, 15) is 13.2 Å². The molecule has 1 aromatic carbocycles. The van der Waals surface area contributed by atoms with E-state index in [1.165, 1.54) is 0 Å². The topological polar surface area (TPSA) is 32.7 Å². The smallest absolute Gasteiger partial charge is 0.382 e. The van der Waals surface area contributed by atoms with Gasteiger partial charge in [-0.1, -0.05) is 30.3 Å². The lowest BCUT2D eigenvalue weighted by molar-refractivity contribution is -0.211. The summed E-state index contributed by atoms with van der Waals surface area (Å²) in [5.74, 6) is 0. The molecule has 1 aliphatic heterocycles. The number of aliphatic hydroxyl groups excluding tert-OH is 1. The first-order chi connectivity index (χ1) is 9.45. The summed E-state index contributed by atoms with van der Waals surface area (Å²) in [6.07, 6.45) is -6.32. The fourth-order valence-corrected chi connectivity index (χ4v) is 2.29. The Morgan fingerprint density at radius 1 is 1.30 bits per heavy atom. The maximum absolute atomic E-state index is 12.3. The van der Waals surface area contributed by atoms with Crippen LogP contribution in [0.15, 0.2) is 30.3 Å². The highest BCUT2D eigenvalue weighted by Crippen LogP contribution is 2.21. The molecular weight excluding hydrogens is 271 g/mol. The average Bonchev–Trinajstić information content (AvgIpc) is 2.39. The lowest BCUT2D eigenvalue weighted by atomic mass is 10.1. The molecule has 0 amide bonds. The van der Waals surface area contributed by atoms with Gasteiger partial charge >= 0.3 is 6.18 Å². The van der Waals surface area contributed by atoms with Gasteiger partial charge in [-0.05, 0) is 12.0 Å². The summed E-state index contributed by atoms with van der Waals surface area (Å²) in [4.78, 5) is 1.61. The fourth-order valence-electron chi connectivity index (χ4n) is 2.29. The molecule has 1 N–H and O–H groups in total. The number of halogens is 3. The summed E-state index contributed by atoms with van der Waals surface area (Å²) in [5, 5.41) is 9.11. The minimum atomic E-state index is -4.56. The standard InChI is InChI=1S/C14H18F3NO2/c15-14(16,17)13(19)10-18-6-7-20-12(9-18)8-11-4-2-1-3-5-11/h1-5,12-13,19H,6-10H2/t12-,13?/m0/s1. The lowest BCUT2D eigenvalue weighted by Crippen LogP contribution is -2.49. The van der Waals surface area contributed by atoms with Crippen molar-refractivity contribution in [1.29, 1.82) is 0 Å². The van der Waals surface area contributed by atoms with Crippen molar-refractivity contribution >= 4 is 0 Å². The van der Waals surface area contributed by atoms with Gasteiger partial charge in [0.25, 0.3) is 0 Å². The zero-order valence-electron chi connectivity index (χ0n) is 11.0. The van der Waals surface area contributed by atoms with Crippen LogP contribution in [0, 0.1) is 0 Å². The van der Waals surface area contributed by atoms with Crippen LogP contribution in [0.4, 0.5) is 13.2 Å². The molecule has 1 saturated heterocycles. The van der Waals surface area contributed by atoms with Gasteiger partial charge in [-0.2, -0.15) is 13.2 Å². The van der Waals surface area contributed by atoms with Crippen molar-refractivity contribution in [2.45, 2.75) is 24.8 Å². The summed E-state index contributed by atoms with van der Waals surface area (Å²) in [7, 11) is 0. The van der Waals surface area contributed by atoms with E-state index in [2.05, 4.69) is 0 Å². The molecule has 1 unspecified atom stereocenters. The molecule has 1 heterocycles. The second kappa shape index (κ2) is 6.56. The molecule has 0 saturated carbocycles. The van der Waals surface area contributed by atoms with Crippen LogP contribution in [-0.2, 0) is 11.2 Å². The summed E-state index contributed by atoms with van der Waals surface area (Å²) in [6, 6.07) is 9.68. The molecule has 0 spiro atoms. The van der Waals surface area contributed by atoms with Crippen LogP contribution in [0.5, 0.6) is 0 Å². The monoisotopic (exact) mass is 289 g/mol. The predicted molar refractivity (Wildman–Crippen MR) is 68.4 cm³/mol. The zero-order valence-corrected chi connectivity index (χ0v) is 11.0. The molecule has 6 heteroatoms. The molecule has 0 aromatic heterocycles. The number of nitrogens with zero attached hydrogens (tertiary/aromatic N) is 1. The molecule has 0 radical (unpaired) electrons. The summed E-state index contributed by atoms with van der Waals surface area (Å²) in [6.45, 7) is 0.820. The van der Waals surface area contributed by atoms with Crippen LogP contribution in [0.25, 0.3) is 0 Å². The number of rotatable bonds is 4. The zero-order chi connectivity index (χ0) is 14.6. The Hall–Kier alpha value is -1.11. The lowest BCUT2D eigenvalue weighted by Gasteiger charge is -2.34. The maximum Gasteiger partial charge on any atom is 0.415 e. The summed E-state index contributed by atoms with van der Waals surface area (Å²) in [5.41, 5.74) is 1.09. The van der Waals surface area contributed by atoms with Crippen molar-refractivity contribution in [1.82, 2.24) is 4.90 Å². The van der Waals surface area contributed by atoms with Crippen LogP contribution in [0.1, 0.15) is 5.56 Å². The summed E-state index contributed by atoms with van der Waals surface area (Å²) >= 11 is 0. The van der Waals surface area contributed by atoms with Crippen molar-refractivity contribution in [3.05, 3.63) is 35.9 Å². The number of ether oxygens (including phenoxy) is 1. The molecule has 1 aliphatic rings. The Kier molecular flexibility index (Phi) is 5.01. The number of benzene rings is 1. The molecule has 2 rings (SSSR count). The van der Waals surface area contributed by atoms with Gasteiger partial charge in [0.1, 0.15) is 0 Å². The quantitative estimate of drug-likeness (QED) is 0.918. The van der Waals surface area contributed by atoms with Crippen LogP contribution >= 0.6 is 0 Å². The largest absolute Gasteiger partial charge is 0.415 e. The van der Waals surface area contributed by atoms with Crippen LogP contribution in [0.3, 0.4) is 0 Å². The van der Waals surface area contributed by atoms with Gasteiger partial charge in [-0.25, -0.2) is 0 Å². The van der Waals surface area contributed by atoms with Crippen molar-refractivity contribution in [2.75, 3.05) is 26.2 Å². The van der Waals surface area contributed by atoms with E-state index in [0.717, 1.165) is 5.56 Å². The van der Waals surface area contributed by atoms with E-state index in [-0.39, 0.29) is 6.10 Å². The molecule has 112 valence electrons. The SMILES string of the molecule is OC(CN1CCO[C@@H](Cc2ccccc2)C1)C(F)(F)F. The number of hydrogen-bond acceptors (Lipinski definition) is 3. The highest BCUT2D eigenvalue weighted by Gasteiger charge is 2.39. The van der Waals surface area contributed by atoms with E-state index in [1.807, 2.05) is 30.3 Å². The number of alkyl halides is 3. The Morgan fingerprint density at radius 3 is 2.65 bits per heavy atom.